The van der Waals surface area contributed by atoms with Crippen molar-refractivity contribution in [2.75, 3.05) is 5.32 Å². The topological polar surface area (TPSA) is 42.0 Å². The largest absolute Gasteiger partial charge is 0.454 e. The van der Waals surface area contributed by atoms with Crippen LogP contribution in [0.5, 0.6) is 0 Å². The number of aromatic nitrogens is 1. The number of benzene rings is 1. The Bertz CT molecular complexity index is 720. The molecule has 3 nitrogen and oxygen atoms in total. The van der Waals surface area contributed by atoms with E-state index in [1.807, 2.05) is 25.1 Å². The molecule has 0 spiro atoms. The summed E-state index contributed by atoms with van der Waals surface area (Å²) in [6, 6.07) is 9.04. The Morgan fingerprint density at radius 3 is 2.62 bits per heavy atom. The Hall–Kier alpha value is -2.37. The van der Waals surface area contributed by atoms with Gasteiger partial charge in [-0.15, -0.1) is 0 Å². The minimum absolute atomic E-state index is 0.105. The number of allylic oxidation sites excluding steroid dienone is 2. The van der Waals surface area contributed by atoms with E-state index < -0.39 is 12.0 Å². The number of halogens is 3. The molecular formula is C15H13F3N2O. The molecule has 1 aromatic carbocycles. The van der Waals surface area contributed by atoms with Crippen molar-refractivity contribution in [2.24, 2.45) is 0 Å². The molecule has 1 N–H and O–H groups in total. The quantitative estimate of drug-likeness (QED) is 0.870. The van der Waals surface area contributed by atoms with E-state index in [2.05, 4.69) is 10.3 Å². The van der Waals surface area contributed by atoms with Crippen LogP contribution in [0.2, 0.25) is 0 Å². The first kappa shape index (κ1) is 15.0. The number of alkyl halides is 3. The summed E-state index contributed by atoms with van der Waals surface area (Å²) in [5.74, 6) is -1.89. The van der Waals surface area contributed by atoms with Gasteiger partial charge in [0.15, 0.2) is 0 Å². The van der Waals surface area contributed by atoms with Crippen molar-refractivity contribution in [3.05, 3.63) is 47.8 Å². The molecular weight excluding hydrogens is 281 g/mol. The van der Waals surface area contributed by atoms with Gasteiger partial charge in [0.05, 0.1) is 11.2 Å². The van der Waals surface area contributed by atoms with Crippen molar-refractivity contribution in [3.63, 3.8) is 0 Å². The van der Waals surface area contributed by atoms with Gasteiger partial charge in [-0.25, -0.2) is 0 Å². The first-order chi connectivity index (χ1) is 9.77. The Kier molecular flexibility index (Phi) is 3.97. The molecule has 0 bridgehead atoms. The number of ketones is 1. The second-order valence-corrected chi connectivity index (χ2v) is 4.64. The molecule has 2 rings (SSSR count). The number of hydrogen-bond donors (Lipinski definition) is 1. The van der Waals surface area contributed by atoms with Gasteiger partial charge in [-0.2, -0.15) is 13.2 Å². The van der Waals surface area contributed by atoms with E-state index >= 15 is 0 Å². The predicted molar refractivity (Wildman–Crippen MR) is 74.9 cm³/mol. The summed E-state index contributed by atoms with van der Waals surface area (Å²) in [7, 11) is 0. The number of rotatable bonds is 3. The maximum absolute atomic E-state index is 12.2. The monoisotopic (exact) mass is 294 g/mol. The third kappa shape index (κ3) is 3.59. The van der Waals surface area contributed by atoms with Crippen LogP contribution in [-0.2, 0) is 4.79 Å². The van der Waals surface area contributed by atoms with E-state index in [0.29, 0.717) is 17.3 Å². The number of fused-ring (bicyclic) bond motifs is 1. The van der Waals surface area contributed by atoms with Crippen molar-refractivity contribution >= 4 is 22.4 Å². The summed E-state index contributed by atoms with van der Waals surface area (Å²) in [6.45, 7) is 3.23. The molecule has 1 heterocycles. The molecule has 0 unspecified atom stereocenters. The average Bonchev–Trinajstić information content (AvgIpc) is 2.38. The summed E-state index contributed by atoms with van der Waals surface area (Å²) in [5, 5.41) is 3.65. The second-order valence-electron chi connectivity index (χ2n) is 4.64. The molecule has 110 valence electrons. The van der Waals surface area contributed by atoms with E-state index in [1.165, 1.54) is 6.92 Å². The van der Waals surface area contributed by atoms with E-state index in [4.69, 9.17) is 0 Å². The summed E-state index contributed by atoms with van der Waals surface area (Å²) >= 11 is 0. The molecule has 0 atom stereocenters. The number of hydrogen-bond acceptors (Lipinski definition) is 3. The minimum atomic E-state index is -4.86. The van der Waals surface area contributed by atoms with Gasteiger partial charge in [0.2, 0.25) is 0 Å². The number of nitrogens with zero attached hydrogens (tertiary/aromatic N) is 1. The highest BCUT2D eigenvalue weighted by molar-refractivity contribution is 5.96. The van der Waals surface area contributed by atoms with Crippen molar-refractivity contribution < 1.29 is 18.0 Å². The van der Waals surface area contributed by atoms with Crippen LogP contribution in [0.25, 0.3) is 10.9 Å². The molecule has 0 aliphatic carbocycles. The third-order valence-corrected chi connectivity index (χ3v) is 2.82. The zero-order valence-electron chi connectivity index (χ0n) is 11.5. The third-order valence-electron chi connectivity index (χ3n) is 2.82. The molecule has 0 amide bonds. The first-order valence-electron chi connectivity index (χ1n) is 6.20. The van der Waals surface area contributed by atoms with Gasteiger partial charge in [-0.05, 0) is 26.0 Å². The first-order valence-corrected chi connectivity index (χ1v) is 6.20. The zero-order valence-corrected chi connectivity index (χ0v) is 11.5. The van der Waals surface area contributed by atoms with Gasteiger partial charge in [0.1, 0.15) is 0 Å². The number of pyridine rings is 1. The lowest BCUT2D eigenvalue weighted by atomic mass is 10.1. The molecule has 0 saturated heterocycles. The summed E-state index contributed by atoms with van der Waals surface area (Å²) in [5.41, 5.74) is 2.10. The number of para-hydroxylation sites is 1. The van der Waals surface area contributed by atoms with Crippen molar-refractivity contribution in [2.45, 2.75) is 20.0 Å². The molecule has 0 saturated carbocycles. The van der Waals surface area contributed by atoms with Crippen LogP contribution in [0.3, 0.4) is 0 Å². The van der Waals surface area contributed by atoms with Crippen molar-refractivity contribution in [3.8, 4) is 0 Å². The van der Waals surface area contributed by atoms with Crippen LogP contribution in [0.1, 0.15) is 12.6 Å². The zero-order chi connectivity index (χ0) is 15.6. The fourth-order valence-electron chi connectivity index (χ4n) is 1.87. The van der Waals surface area contributed by atoms with Crippen LogP contribution >= 0.6 is 0 Å². The summed E-state index contributed by atoms with van der Waals surface area (Å²) in [6.07, 6.45) is -4.33. The normalized spacial score (nSPS) is 12.5. The molecule has 0 aliphatic rings. The lowest BCUT2D eigenvalue weighted by Gasteiger charge is -2.10. The van der Waals surface area contributed by atoms with Crippen LogP contribution < -0.4 is 5.32 Å². The van der Waals surface area contributed by atoms with Gasteiger partial charge in [-0.3, -0.25) is 9.78 Å². The number of anilines is 1. The van der Waals surface area contributed by atoms with Crippen molar-refractivity contribution in [1.29, 1.82) is 0 Å². The van der Waals surface area contributed by atoms with Gasteiger partial charge < -0.3 is 5.32 Å². The molecule has 0 radical (unpaired) electrons. The molecule has 1 aromatic heterocycles. The maximum Gasteiger partial charge on any atom is 0.454 e. The van der Waals surface area contributed by atoms with Gasteiger partial charge >= 0.3 is 6.18 Å². The molecule has 2 aromatic rings. The van der Waals surface area contributed by atoms with Crippen LogP contribution in [0, 0.1) is 6.92 Å². The van der Waals surface area contributed by atoms with Gasteiger partial charge in [-0.1, -0.05) is 18.2 Å². The standard InChI is InChI=1S/C15H13F3N2O/c1-9-6-7-11-4-3-5-12(14(11)20-9)19-10(2)8-13(21)15(16,17)18/h3-8,19H,1-2H3/b10-8+. The lowest BCUT2D eigenvalue weighted by Crippen LogP contribution is -2.21. The SMILES string of the molecule is C/C(=C\C(=O)C(F)(F)F)Nc1cccc2ccc(C)nc12. The fourth-order valence-corrected chi connectivity index (χ4v) is 1.87. The summed E-state index contributed by atoms with van der Waals surface area (Å²) < 4.78 is 36.7. The van der Waals surface area contributed by atoms with E-state index in [0.717, 1.165) is 11.1 Å². The Morgan fingerprint density at radius 2 is 1.95 bits per heavy atom. The fraction of sp³-hybridized carbons (Fsp3) is 0.200. The number of carbonyl (C=O) groups excluding carboxylic acids is 1. The minimum Gasteiger partial charge on any atom is -0.357 e. The Labute approximate surface area is 119 Å². The maximum atomic E-state index is 12.2. The molecule has 21 heavy (non-hydrogen) atoms. The number of carbonyl (C=O) groups is 1. The Morgan fingerprint density at radius 1 is 1.24 bits per heavy atom. The van der Waals surface area contributed by atoms with Gasteiger partial charge in [0, 0.05) is 22.9 Å². The summed E-state index contributed by atoms with van der Waals surface area (Å²) in [4.78, 5) is 15.3. The van der Waals surface area contributed by atoms with Crippen LogP contribution in [-0.4, -0.2) is 16.9 Å². The molecule has 0 aliphatic heterocycles. The molecule has 6 heteroatoms. The predicted octanol–water partition coefficient (Wildman–Crippen LogP) is 3.99. The highest BCUT2D eigenvalue weighted by Gasteiger charge is 2.36. The average molecular weight is 294 g/mol. The smallest absolute Gasteiger partial charge is 0.357 e. The van der Waals surface area contributed by atoms with Crippen molar-refractivity contribution in [1.82, 2.24) is 4.98 Å². The molecule has 0 fully saturated rings. The Balaban J connectivity index is 2.34. The lowest BCUT2D eigenvalue weighted by molar-refractivity contribution is -0.165. The van der Waals surface area contributed by atoms with Gasteiger partial charge in [0.25, 0.3) is 5.78 Å². The van der Waals surface area contributed by atoms with E-state index in [1.54, 1.807) is 12.1 Å². The number of aryl methyl sites for hydroxylation is 1. The van der Waals surface area contributed by atoms with E-state index in [-0.39, 0.29) is 5.70 Å². The highest BCUT2D eigenvalue weighted by atomic mass is 19.4. The van der Waals surface area contributed by atoms with Crippen LogP contribution in [0.4, 0.5) is 18.9 Å². The van der Waals surface area contributed by atoms with Crippen LogP contribution in [0.15, 0.2) is 42.1 Å². The second kappa shape index (κ2) is 5.55. The van der Waals surface area contributed by atoms with E-state index in [9.17, 15) is 18.0 Å². The highest BCUT2D eigenvalue weighted by Crippen LogP contribution is 2.23. The number of nitrogens with one attached hydrogen (secondary N) is 1.